The number of carbonyl (C=O) groups excluding carboxylic acids is 1. The van der Waals surface area contributed by atoms with Crippen molar-refractivity contribution >= 4 is 17.5 Å². The maximum Gasteiger partial charge on any atom is 0.272 e. The summed E-state index contributed by atoms with van der Waals surface area (Å²) >= 11 is 5.95. The molecule has 0 bridgehead atoms. The highest BCUT2D eigenvalue weighted by molar-refractivity contribution is 6.30. The molecule has 2 atom stereocenters. The predicted octanol–water partition coefficient (Wildman–Crippen LogP) is 3.02. The van der Waals surface area contributed by atoms with Crippen molar-refractivity contribution in [1.29, 1.82) is 0 Å². The van der Waals surface area contributed by atoms with E-state index in [1.54, 1.807) is 19.2 Å². The van der Waals surface area contributed by atoms with Gasteiger partial charge >= 0.3 is 0 Å². The van der Waals surface area contributed by atoms with Crippen LogP contribution in [0.25, 0.3) is 0 Å². The van der Waals surface area contributed by atoms with Gasteiger partial charge in [-0.3, -0.25) is 9.89 Å². The summed E-state index contributed by atoms with van der Waals surface area (Å²) in [4.78, 5) is 12.5. The molecule has 2 N–H and O–H groups in total. The van der Waals surface area contributed by atoms with Gasteiger partial charge in [0, 0.05) is 29.1 Å². The first-order chi connectivity index (χ1) is 11.5. The number of aromatic amines is 1. The quantitative estimate of drug-likeness (QED) is 0.889. The Morgan fingerprint density at radius 2 is 2.29 bits per heavy atom. The van der Waals surface area contributed by atoms with Crippen LogP contribution in [-0.4, -0.2) is 29.3 Å². The van der Waals surface area contributed by atoms with Gasteiger partial charge in [-0.15, -0.1) is 0 Å². The molecule has 6 nitrogen and oxygen atoms in total. The van der Waals surface area contributed by atoms with Gasteiger partial charge in [0.1, 0.15) is 5.75 Å². The molecule has 128 valence electrons. The number of nitrogens with one attached hydrogen (secondary N) is 2. The largest absolute Gasteiger partial charge is 0.496 e. The van der Waals surface area contributed by atoms with Gasteiger partial charge in [0.2, 0.25) is 0 Å². The molecule has 0 aliphatic carbocycles. The average Bonchev–Trinajstić information content (AvgIpc) is 2.97. The number of H-pyrrole nitrogens is 1. The second kappa shape index (κ2) is 6.83. The van der Waals surface area contributed by atoms with Gasteiger partial charge in [-0.05, 0) is 26.0 Å². The highest BCUT2D eigenvalue weighted by Gasteiger charge is 2.29. The lowest BCUT2D eigenvalue weighted by atomic mass is 9.99. The van der Waals surface area contributed by atoms with Crippen LogP contribution in [0.1, 0.15) is 47.3 Å². The maximum absolute atomic E-state index is 12.5. The maximum atomic E-state index is 12.5. The minimum absolute atomic E-state index is 0.0630. The summed E-state index contributed by atoms with van der Waals surface area (Å²) in [5.74, 6) is 0.424. The zero-order valence-corrected chi connectivity index (χ0v) is 14.6. The number of nitrogens with zero attached hydrogens (tertiary/aromatic N) is 1. The first-order valence-electron chi connectivity index (χ1n) is 7.82. The Balaban J connectivity index is 1.75. The summed E-state index contributed by atoms with van der Waals surface area (Å²) in [5.41, 5.74) is 3.09. The van der Waals surface area contributed by atoms with Crippen LogP contribution in [0.5, 0.6) is 5.75 Å². The van der Waals surface area contributed by atoms with Crippen molar-refractivity contribution in [3.05, 3.63) is 45.7 Å². The molecule has 0 radical (unpaired) electrons. The molecule has 2 aromatic rings. The van der Waals surface area contributed by atoms with Crippen molar-refractivity contribution in [2.24, 2.45) is 0 Å². The zero-order valence-electron chi connectivity index (χ0n) is 13.9. The van der Waals surface area contributed by atoms with E-state index in [9.17, 15) is 4.79 Å². The number of rotatable bonds is 4. The number of benzene rings is 1. The van der Waals surface area contributed by atoms with Gasteiger partial charge < -0.3 is 14.8 Å². The van der Waals surface area contributed by atoms with Crippen molar-refractivity contribution in [2.75, 3.05) is 7.11 Å². The van der Waals surface area contributed by atoms with Gasteiger partial charge in [-0.2, -0.15) is 5.10 Å². The zero-order chi connectivity index (χ0) is 17.3. The van der Waals surface area contributed by atoms with Crippen LogP contribution in [0, 0.1) is 0 Å². The van der Waals surface area contributed by atoms with Crippen molar-refractivity contribution in [1.82, 2.24) is 15.5 Å². The molecular weight excluding hydrogens is 330 g/mol. The molecule has 0 spiro atoms. The summed E-state index contributed by atoms with van der Waals surface area (Å²) in [6.45, 7) is 4.28. The molecule has 1 aromatic heterocycles. The minimum atomic E-state index is -0.217. The number of hydrogen-bond acceptors (Lipinski definition) is 4. The molecule has 0 saturated heterocycles. The van der Waals surface area contributed by atoms with Crippen LogP contribution in [0.4, 0.5) is 0 Å². The van der Waals surface area contributed by atoms with Gasteiger partial charge in [-0.1, -0.05) is 17.7 Å². The Labute approximate surface area is 145 Å². The van der Waals surface area contributed by atoms with E-state index in [2.05, 4.69) is 15.5 Å². The second-order valence-electron chi connectivity index (χ2n) is 5.90. The fourth-order valence-corrected chi connectivity index (χ4v) is 3.15. The summed E-state index contributed by atoms with van der Waals surface area (Å²) in [7, 11) is 1.57. The lowest BCUT2D eigenvalue weighted by molar-refractivity contribution is -0.00697. The molecule has 0 saturated carbocycles. The molecule has 0 fully saturated rings. The lowest BCUT2D eigenvalue weighted by Gasteiger charge is -2.25. The molecular formula is C17H20ClN3O3. The van der Waals surface area contributed by atoms with E-state index in [1.807, 2.05) is 19.9 Å². The molecule has 1 aliphatic heterocycles. The molecule has 2 heterocycles. The Morgan fingerprint density at radius 1 is 1.50 bits per heavy atom. The number of hydrogen-bond donors (Lipinski definition) is 2. The van der Waals surface area contributed by atoms with E-state index in [0.717, 1.165) is 16.8 Å². The lowest BCUT2D eigenvalue weighted by Crippen LogP contribution is -2.27. The second-order valence-corrected chi connectivity index (χ2v) is 6.33. The van der Waals surface area contributed by atoms with E-state index < -0.39 is 0 Å². The Morgan fingerprint density at radius 3 is 3.04 bits per heavy atom. The van der Waals surface area contributed by atoms with Crippen LogP contribution >= 0.6 is 11.6 Å². The third kappa shape index (κ3) is 3.25. The highest BCUT2D eigenvalue weighted by Crippen LogP contribution is 2.30. The number of aromatic nitrogens is 2. The minimum Gasteiger partial charge on any atom is -0.496 e. The summed E-state index contributed by atoms with van der Waals surface area (Å²) < 4.78 is 11.0. The van der Waals surface area contributed by atoms with Crippen LogP contribution < -0.4 is 10.1 Å². The van der Waals surface area contributed by atoms with E-state index in [-0.39, 0.29) is 18.1 Å². The normalized spacial score (nSPS) is 19.7. The Bertz CT molecular complexity index is 760. The van der Waals surface area contributed by atoms with E-state index in [4.69, 9.17) is 21.1 Å². The van der Waals surface area contributed by atoms with Crippen LogP contribution in [0.2, 0.25) is 5.02 Å². The van der Waals surface area contributed by atoms with Crippen LogP contribution in [0.15, 0.2) is 18.2 Å². The SMILES string of the molecule is COc1cc(Cl)ccc1CNC(=O)c1n[nH]c2c1C[C@H](C)O[C@@H]2C. The Hall–Kier alpha value is -2.05. The predicted molar refractivity (Wildman–Crippen MR) is 90.4 cm³/mol. The third-order valence-corrected chi connectivity index (χ3v) is 4.37. The smallest absolute Gasteiger partial charge is 0.272 e. The fraction of sp³-hybridized carbons (Fsp3) is 0.412. The third-order valence-electron chi connectivity index (χ3n) is 4.14. The summed E-state index contributed by atoms with van der Waals surface area (Å²) in [6.07, 6.45) is 0.644. The molecule has 1 amide bonds. The van der Waals surface area contributed by atoms with Gasteiger partial charge in [0.25, 0.3) is 5.91 Å². The topological polar surface area (TPSA) is 76.2 Å². The monoisotopic (exact) mass is 349 g/mol. The number of methoxy groups -OCH3 is 1. The Kier molecular flexibility index (Phi) is 4.78. The van der Waals surface area contributed by atoms with Gasteiger partial charge in [0.05, 0.1) is 25.0 Å². The standard InChI is InChI=1S/C17H20ClN3O3/c1-9-6-13-15(10(2)24-9)20-21-16(13)17(22)19-8-11-4-5-12(18)7-14(11)23-3/h4-5,7,9-10H,6,8H2,1-3H3,(H,19,22)(H,20,21)/t9-,10+/m0/s1. The van der Waals surface area contributed by atoms with E-state index in [0.29, 0.717) is 29.4 Å². The molecule has 1 aromatic carbocycles. The highest BCUT2D eigenvalue weighted by atomic mass is 35.5. The first kappa shape index (κ1) is 16.8. The number of carbonyl (C=O) groups is 1. The number of halogens is 1. The van der Waals surface area contributed by atoms with Gasteiger partial charge in [-0.25, -0.2) is 0 Å². The summed E-state index contributed by atoms with van der Waals surface area (Å²) in [5, 5.41) is 10.6. The van der Waals surface area contributed by atoms with Crippen LogP contribution in [-0.2, 0) is 17.7 Å². The molecule has 3 rings (SSSR count). The average molecular weight is 350 g/mol. The number of ether oxygens (including phenoxy) is 2. The van der Waals surface area contributed by atoms with Gasteiger partial charge in [0.15, 0.2) is 5.69 Å². The van der Waals surface area contributed by atoms with E-state index >= 15 is 0 Å². The van der Waals surface area contributed by atoms with E-state index in [1.165, 1.54) is 0 Å². The van der Waals surface area contributed by atoms with Crippen molar-refractivity contribution < 1.29 is 14.3 Å². The number of fused-ring (bicyclic) bond motifs is 1. The van der Waals surface area contributed by atoms with Crippen molar-refractivity contribution in [3.8, 4) is 5.75 Å². The van der Waals surface area contributed by atoms with Crippen molar-refractivity contribution in [2.45, 2.75) is 39.0 Å². The van der Waals surface area contributed by atoms with Crippen molar-refractivity contribution in [3.63, 3.8) is 0 Å². The molecule has 24 heavy (non-hydrogen) atoms. The summed E-state index contributed by atoms with van der Waals surface area (Å²) in [6, 6.07) is 5.32. The number of amides is 1. The van der Waals surface area contributed by atoms with Crippen LogP contribution in [0.3, 0.4) is 0 Å². The first-order valence-corrected chi connectivity index (χ1v) is 8.20. The molecule has 0 unspecified atom stereocenters. The fourth-order valence-electron chi connectivity index (χ4n) is 2.99. The molecule has 1 aliphatic rings. The molecule has 7 heteroatoms.